The Bertz CT molecular complexity index is 388. The Labute approximate surface area is 106 Å². The third-order valence-electron chi connectivity index (χ3n) is 3.02. The third kappa shape index (κ3) is 3.30. The van der Waals surface area contributed by atoms with E-state index in [0.717, 1.165) is 38.7 Å². The van der Waals surface area contributed by atoms with Gasteiger partial charge in [0.05, 0.1) is 0 Å². The van der Waals surface area contributed by atoms with Crippen LogP contribution in [0.3, 0.4) is 0 Å². The average molecular weight is 250 g/mol. The maximum atomic E-state index is 8.47. The molecule has 3 N–H and O–H groups in total. The third-order valence-corrected chi connectivity index (χ3v) is 3.02. The van der Waals surface area contributed by atoms with E-state index in [1.54, 1.807) is 12.4 Å². The zero-order chi connectivity index (χ0) is 12.8. The number of nitrogens with two attached hydrogens (primary N) is 1. The summed E-state index contributed by atoms with van der Waals surface area (Å²) in [5.74, 6) is 1.07. The lowest BCUT2D eigenvalue weighted by Gasteiger charge is -2.34. The number of amidine groups is 1. The van der Waals surface area contributed by atoms with E-state index in [0.29, 0.717) is 6.42 Å². The Morgan fingerprint density at radius 1 is 1.28 bits per heavy atom. The molecule has 1 aliphatic rings. The number of aromatic nitrogens is 2. The van der Waals surface area contributed by atoms with Gasteiger partial charge in [0.15, 0.2) is 0 Å². The van der Waals surface area contributed by atoms with Crippen molar-refractivity contribution in [2.24, 2.45) is 10.9 Å². The van der Waals surface area contributed by atoms with Crippen molar-refractivity contribution in [2.45, 2.75) is 6.42 Å². The van der Waals surface area contributed by atoms with Crippen LogP contribution in [0.2, 0.25) is 0 Å². The summed E-state index contributed by atoms with van der Waals surface area (Å²) in [5, 5.41) is 11.4. The maximum Gasteiger partial charge on any atom is 0.225 e. The number of oxime groups is 1. The minimum atomic E-state index is 0.281. The van der Waals surface area contributed by atoms with Crippen LogP contribution in [0.15, 0.2) is 23.6 Å². The highest BCUT2D eigenvalue weighted by Gasteiger charge is 2.18. The van der Waals surface area contributed by atoms with Gasteiger partial charge in [-0.3, -0.25) is 4.90 Å². The van der Waals surface area contributed by atoms with Gasteiger partial charge in [0.2, 0.25) is 5.95 Å². The molecule has 0 saturated carbocycles. The van der Waals surface area contributed by atoms with E-state index in [2.05, 4.69) is 24.9 Å². The second-order valence-corrected chi connectivity index (χ2v) is 4.22. The Morgan fingerprint density at radius 3 is 2.56 bits per heavy atom. The minimum absolute atomic E-state index is 0.281. The number of piperazine rings is 1. The second-order valence-electron chi connectivity index (χ2n) is 4.22. The molecule has 0 aromatic carbocycles. The summed E-state index contributed by atoms with van der Waals surface area (Å²) in [5.41, 5.74) is 5.45. The van der Waals surface area contributed by atoms with Gasteiger partial charge in [-0.05, 0) is 6.07 Å². The van der Waals surface area contributed by atoms with Crippen molar-refractivity contribution >= 4 is 11.8 Å². The highest BCUT2D eigenvalue weighted by molar-refractivity contribution is 5.79. The van der Waals surface area contributed by atoms with E-state index in [9.17, 15) is 0 Å². The topological polar surface area (TPSA) is 90.9 Å². The van der Waals surface area contributed by atoms with Crippen molar-refractivity contribution in [3.8, 4) is 0 Å². The first kappa shape index (κ1) is 12.6. The highest BCUT2D eigenvalue weighted by atomic mass is 16.4. The number of hydrogen-bond donors (Lipinski definition) is 2. The van der Waals surface area contributed by atoms with Gasteiger partial charge in [0, 0.05) is 51.5 Å². The quantitative estimate of drug-likeness (QED) is 0.331. The van der Waals surface area contributed by atoms with Gasteiger partial charge in [-0.15, -0.1) is 0 Å². The van der Waals surface area contributed by atoms with Gasteiger partial charge in [0.25, 0.3) is 0 Å². The van der Waals surface area contributed by atoms with Gasteiger partial charge in [-0.2, -0.15) is 0 Å². The largest absolute Gasteiger partial charge is 0.409 e. The lowest BCUT2D eigenvalue weighted by Crippen LogP contribution is -2.47. The van der Waals surface area contributed by atoms with Crippen molar-refractivity contribution < 1.29 is 5.21 Å². The minimum Gasteiger partial charge on any atom is -0.409 e. The monoisotopic (exact) mass is 250 g/mol. The summed E-state index contributed by atoms with van der Waals surface area (Å²) in [4.78, 5) is 12.9. The molecule has 7 nitrogen and oxygen atoms in total. The SMILES string of the molecule is N/C(CCN1CCN(c2ncccn2)CC1)=N\O. The first-order valence-electron chi connectivity index (χ1n) is 6.00. The second kappa shape index (κ2) is 6.15. The molecule has 2 heterocycles. The molecule has 0 amide bonds. The Balaban J connectivity index is 1.78. The van der Waals surface area contributed by atoms with E-state index in [-0.39, 0.29) is 5.84 Å². The standard InChI is InChI=1S/C11H18N6O/c12-10(15-18)2-5-16-6-8-17(9-7-16)11-13-3-1-4-14-11/h1,3-4,18H,2,5-9H2,(H2,12,15). The lowest BCUT2D eigenvalue weighted by atomic mass is 10.3. The van der Waals surface area contributed by atoms with Gasteiger partial charge in [-0.25, -0.2) is 9.97 Å². The summed E-state index contributed by atoms with van der Waals surface area (Å²) in [6.45, 7) is 4.51. The maximum absolute atomic E-state index is 8.47. The molecule has 0 spiro atoms. The van der Waals surface area contributed by atoms with Crippen LogP contribution in [0, 0.1) is 0 Å². The molecule has 1 aromatic rings. The van der Waals surface area contributed by atoms with Crippen LogP contribution in [0.4, 0.5) is 5.95 Å². The lowest BCUT2D eigenvalue weighted by molar-refractivity contribution is 0.261. The average Bonchev–Trinajstić information content (AvgIpc) is 2.46. The van der Waals surface area contributed by atoms with E-state index < -0.39 is 0 Å². The van der Waals surface area contributed by atoms with E-state index >= 15 is 0 Å². The van der Waals surface area contributed by atoms with Gasteiger partial charge < -0.3 is 15.8 Å². The first-order valence-corrected chi connectivity index (χ1v) is 6.00. The molecule has 1 saturated heterocycles. The van der Waals surface area contributed by atoms with Gasteiger partial charge >= 0.3 is 0 Å². The molecule has 1 aromatic heterocycles. The molecule has 0 radical (unpaired) electrons. The summed E-state index contributed by atoms with van der Waals surface area (Å²) in [6, 6.07) is 1.82. The number of hydrogen-bond acceptors (Lipinski definition) is 6. The molecule has 0 bridgehead atoms. The van der Waals surface area contributed by atoms with Crippen LogP contribution >= 0.6 is 0 Å². The Hall–Kier alpha value is -1.89. The van der Waals surface area contributed by atoms with Gasteiger partial charge in [-0.1, -0.05) is 5.16 Å². The summed E-state index contributed by atoms with van der Waals surface area (Å²) < 4.78 is 0. The van der Waals surface area contributed by atoms with Crippen LogP contribution in [0.25, 0.3) is 0 Å². The Morgan fingerprint density at radius 2 is 1.94 bits per heavy atom. The number of nitrogens with zero attached hydrogens (tertiary/aromatic N) is 5. The van der Waals surface area contributed by atoms with E-state index in [4.69, 9.17) is 10.9 Å². The van der Waals surface area contributed by atoms with Crippen molar-refractivity contribution in [3.05, 3.63) is 18.5 Å². The molecular formula is C11H18N6O. The van der Waals surface area contributed by atoms with E-state index in [1.807, 2.05) is 6.07 Å². The predicted octanol–water partition coefficient (Wildman–Crippen LogP) is -0.265. The van der Waals surface area contributed by atoms with Crippen LogP contribution in [0.1, 0.15) is 6.42 Å². The fourth-order valence-electron chi connectivity index (χ4n) is 1.95. The normalized spacial score (nSPS) is 18.0. The molecule has 0 atom stereocenters. The van der Waals surface area contributed by atoms with Crippen molar-refractivity contribution in [1.82, 2.24) is 14.9 Å². The predicted molar refractivity (Wildman–Crippen MR) is 68.7 cm³/mol. The van der Waals surface area contributed by atoms with E-state index in [1.165, 1.54) is 0 Å². The number of anilines is 1. The molecule has 1 fully saturated rings. The molecule has 98 valence electrons. The molecular weight excluding hydrogens is 232 g/mol. The van der Waals surface area contributed by atoms with Crippen molar-refractivity contribution in [2.75, 3.05) is 37.6 Å². The zero-order valence-corrected chi connectivity index (χ0v) is 10.2. The molecule has 18 heavy (non-hydrogen) atoms. The summed E-state index contributed by atoms with van der Waals surface area (Å²) in [6.07, 6.45) is 4.11. The van der Waals surface area contributed by atoms with Crippen LogP contribution in [-0.2, 0) is 0 Å². The molecule has 0 aliphatic carbocycles. The zero-order valence-electron chi connectivity index (χ0n) is 10.2. The van der Waals surface area contributed by atoms with Crippen LogP contribution in [0.5, 0.6) is 0 Å². The van der Waals surface area contributed by atoms with Crippen molar-refractivity contribution in [3.63, 3.8) is 0 Å². The van der Waals surface area contributed by atoms with Crippen molar-refractivity contribution in [1.29, 1.82) is 0 Å². The molecule has 7 heteroatoms. The highest BCUT2D eigenvalue weighted by Crippen LogP contribution is 2.09. The molecule has 0 unspecified atom stereocenters. The molecule has 1 aliphatic heterocycles. The van der Waals surface area contributed by atoms with Crippen LogP contribution in [-0.4, -0.2) is 58.6 Å². The smallest absolute Gasteiger partial charge is 0.225 e. The number of rotatable bonds is 4. The molecule has 2 rings (SSSR count). The van der Waals surface area contributed by atoms with Gasteiger partial charge in [0.1, 0.15) is 5.84 Å². The summed E-state index contributed by atoms with van der Waals surface area (Å²) >= 11 is 0. The Kier molecular flexibility index (Phi) is 4.30. The van der Waals surface area contributed by atoms with Crippen LogP contribution < -0.4 is 10.6 Å². The summed E-state index contributed by atoms with van der Waals surface area (Å²) in [7, 11) is 0. The fraction of sp³-hybridized carbons (Fsp3) is 0.545. The fourth-order valence-corrected chi connectivity index (χ4v) is 1.95. The first-order chi connectivity index (χ1) is 8.79.